The van der Waals surface area contributed by atoms with Crippen molar-refractivity contribution >= 4 is 72.5 Å². The predicted octanol–water partition coefficient (Wildman–Crippen LogP) is 0.0966. The van der Waals surface area contributed by atoms with Gasteiger partial charge in [0.2, 0.25) is 0 Å². The topological polar surface area (TPSA) is 176 Å². The Balaban J connectivity index is 1.18. The summed E-state index contributed by atoms with van der Waals surface area (Å²) in [5.74, 6) is -1.78. The molecule has 4 aromatic rings. The zero-order valence-corrected chi connectivity index (χ0v) is 23.6. The molecule has 7 rings (SSSR count). The molecule has 0 atom stereocenters. The molecule has 45 heavy (non-hydrogen) atoms. The average molecular weight is 603 g/mol. The summed E-state index contributed by atoms with van der Waals surface area (Å²) in [6.45, 7) is 0.770. The first-order chi connectivity index (χ1) is 21.7. The van der Waals surface area contributed by atoms with Crippen LogP contribution in [0.1, 0.15) is 47.8 Å². The second kappa shape index (κ2) is 11.6. The van der Waals surface area contributed by atoms with Gasteiger partial charge in [-0.15, -0.1) is 0 Å². The Morgan fingerprint density at radius 1 is 0.489 bits per heavy atom. The minimum Gasteiger partial charge on any atom is -0.423 e. The molecule has 0 spiro atoms. The van der Waals surface area contributed by atoms with E-state index in [1.54, 1.807) is 54.6 Å². The molecule has 15 heteroatoms. The second-order valence-electron chi connectivity index (χ2n) is 10.9. The fraction of sp³-hybridized carbons (Fsp3) is 0.100. The van der Waals surface area contributed by atoms with E-state index in [-0.39, 0.29) is 36.5 Å². The van der Waals surface area contributed by atoms with Gasteiger partial charge in [0.05, 0.1) is 19.8 Å². The first-order valence-corrected chi connectivity index (χ1v) is 14.1. The van der Waals surface area contributed by atoms with Crippen molar-refractivity contribution in [2.75, 3.05) is 16.0 Å². The molecular formula is C30H24B3N3O9. The summed E-state index contributed by atoms with van der Waals surface area (Å²) in [7, 11) is -3.30. The molecule has 0 fully saturated rings. The summed E-state index contributed by atoms with van der Waals surface area (Å²) in [5, 5.41) is 38.4. The maximum Gasteiger partial charge on any atom is 0.491 e. The van der Waals surface area contributed by atoms with Gasteiger partial charge in [0, 0.05) is 33.8 Å². The molecule has 3 amide bonds. The Morgan fingerprint density at radius 3 is 1.07 bits per heavy atom. The highest BCUT2D eigenvalue weighted by atomic mass is 16.5. The first kappa shape index (κ1) is 29.0. The number of carbonyl (C=O) groups excluding carboxylic acids is 3. The highest BCUT2D eigenvalue weighted by Crippen LogP contribution is 2.21. The van der Waals surface area contributed by atoms with Gasteiger partial charge in [0.25, 0.3) is 17.7 Å². The van der Waals surface area contributed by atoms with Crippen molar-refractivity contribution in [1.82, 2.24) is 0 Å². The average Bonchev–Trinajstić information content (AvgIpc) is 3.73. The quantitative estimate of drug-likeness (QED) is 0.167. The molecule has 3 heterocycles. The van der Waals surface area contributed by atoms with Gasteiger partial charge < -0.3 is 45.0 Å². The lowest BCUT2D eigenvalue weighted by atomic mass is 9.79. The van der Waals surface area contributed by atoms with E-state index < -0.39 is 39.1 Å². The van der Waals surface area contributed by atoms with E-state index in [1.165, 1.54) is 18.2 Å². The standard InChI is InChI=1S/C30H24B3N3O9/c37-28(34-22-4-1-16-13-43-31(40)25(16)10-22)19-7-20(29(38)35-23-5-2-17-14-44-32(41)26(17)11-23)9-21(8-19)30(39)36-24-6-3-18-15-45-33(42)27(18)12-24/h1-12,40-42H,13-15H2,(H,34,37)(H,35,38)(H,36,39). The molecule has 12 nitrogen and oxygen atoms in total. The maximum absolute atomic E-state index is 13.4. The van der Waals surface area contributed by atoms with Crippen LogP contribution in [-0.2, 0) is 33.8 Å². The van der Waals surface area contributed by atoms with E-state index >= 15 is 0 Å². The molecule has 6 N–H and O–H groups in total. The molecule has 4 aromatic carbocycles. The van der Waals surface area contributed by atoms with E-state index in [4.69, 9.17) is 14.0 Å². The fourth-order valence-electron chi connectivity index (χ4n) is 5.51. The summed E-state index contributed by atoms with van der Waals surface area (Å²) in [6.07, 6.45) is 0. The van der Waals surface area contributed by atoms with Gasteiger partial charge in [0.1, 0.15) is 0 Å². The Bertz CT molecular complexity index is 1660. The minimum atomic E-state index is -1.10. The zero-order chi connectivity index (χ0) is 31.2. The molecule has 0 saturated carbocycles. The molecule has 0 aromatic heterocycles. The largest absolute Gasteiger partial charge is 0.491 e. The van der Waals surface area contributed by atoms with Crippen molar-refractivity contribution in [2.45, 2.75) is 19.8 Å². The van der Waals surface area contributed by atoms with Crippen molar-refractivity contribution in [3.8, 4) is 0 Å². The number of anilines is 3. The van der Waals surface area contributed by atoms with Gasteiger partial charge in [-0.05, 0) is 87.7 Å². The Labute approximate surface area is 257 Å². The van der Waals surface area contributed by atoms with E-state index in [9.17, 15) is 29.5 Å². The van der Waals surface area contributed by atoms with Gasteiger partial charge in [-0.1, -0.05) is 18.2 Å². The third-order valence-corrected chi connectivity index (χ3v) is 7.92. The SMILES string of the molecule is O=C(Nc1ccc2c(c1)B(O)OC2)c1cc(C(=O)Nc2ccc3c(c2)B(O)OC3)cc(C(=O)Nc2ccc3c(c2)B(O)OC3)c1. The van der Waals surface area contributed by atoms with Crippen LogP contribution < -0.4 is 32.3 Å². The number of hydrogen-bond acceptors (Lipinski definition) is 9. The van der Waals surface area contributed by atoms with E-state index in [1.807, 2.05) is 0 Å². The van der Waals surface area contributed by atoms with Crippen LogP contribution in [0, 0.1) is 0 Å². The van der Waals surface area contributed by atoms with Gasteiger partial charge in [0.15, 0.2) is 0 Å². The number of carbonyl (C=O) groups is 3. The summed E-state index contributed by atoms with van der Waals surface area (Å²) < 4.78 is 15.7. The van der Waals surface area contributed by atoms with Crippen LogP contribution in [0.25, 0.3) is 0 Å². The van der Waals surface area contributed by atoms with Crippen LogP contribution in [-0.4, -0.2) is 54.1 Å². The predicted molar refractivity (Wildman–Crippen MR) is 167 cm³/mol. The lowest BCUT2D eigenvalue weighted by molar-refractivity contribution is 0.102. The fourth-order valence-corrected chi connectivity index (χ4v) is 5.51. The smallest absolute Gasteiger partial charge is 0.423 e. The number of hydrogen-bond donors (Lipinski definition) is 6. The summed E-state index contributed by atoms with van der Waals surface area (Å²) in [4.78, 5) is 40.3. The number of nitrogens with one attached hydrogen (secondary N) is 3. The van der Waals surface area contributed by atoms with Crippen molar-refractivity contribution in [3.05, 3.63) is 106 Å². The highest BCUT2D eigenvalue weighted by Gasteiger charge is 2.30. The Morgan fingerprint density at radius 2 is 0.778 bits per heavy atom. The number of fused-ring (bicyclic) bond motifs is 3. The number of benzene rings is 4. The molecule has 222 valence electrons. The van der Waals surface area contributed by atoms with Crippen molar-refractivity contribution in [3.63, 3.8) is 0 Å². The third-order valence-electron chi connectivity index (χ3n) is 7.92. The van der Waals surface area contributed by atoms with Crippen LogP contribution >= 0.6 is 0 Å². The number of rotatable bonds is 6. The van der Waals surface area contributed by atoms with Gasteiger partial charge in [-0.3, -0.25) is 14.4 Å². The van der Waals surface area contributed by atoms with Crippen LogP contribution in [0.15, 0.2) is 72.8 Å². The molecule has 0 unspecified atom stereocenters. The van der Waals surface area contributed by atoms with Crippen LogP contribution in [0.3, 0.4) is 0 Å². The summed E-state index contributed by atoms with van der Waals surface area (Å²) in [5.41, 5.74) is 5.27. The maximum atomic E-state index is 13.4. The first-order valence-electron chi connectivity index (χ1n) is 14.1. The Hall–Kier alpha value is -4.76. The van der Waals surface area contributed by atoms with Crippen molar-refractivity contribution in [2.24, 2.45) is 0 Å². The minimum absolute atomic E-state index is 0.0284. The highest BCUT2D eigenvalue weighted by molar-refractivity contribution is 6.62. The van der Waals surface area contributed by atoms with Crippen LogP contribution in [0.4, 0.5) is 17.1 Å². The van der Waals surface area contributed by atoms with E-state index in [0.717, 1.165) is 16.7 Å². The molecular weight excluding hydrogens is 579 g/mol. The molecule has 3 aliphatic heterocycles. The zero-order valence-electron chi connectivity index (χ0n) is 23.6. The Kier molecular flexibility index (Phi) is 7.49. The molecule has 0 radical (unpaired) electrons. The number of amides is 3. The molecule has 3 aliphatic rings. The van der Waals surface area contributed by atoms with Gasteiger partial charge in [-0.25, -0.2) is 0 Å². The molecule has 0 aliphatic carbocycles. The van der Waals surface area contributed by atoms with Gasteiger partial charge in [-0.2, -0.15) is 0 Å². The lowest BCUT2D eigenvalue weighted by Crippen LogP contribution is -2.29. The lowest BCUT2D eigenvalue weighted by Gasteiger charge is -2.13. The van der Waals surface area contributed by atoms with Crippen molar-refractivity contribution < 1.29 is 43.4 Å². The third kappa shape index (κ3) is 5.76. The molecule has 0 saturated heterocycles. The van der Waals surface area contributed by atoms with Crippen molar-refractivity contribution in [1.29, 1.82) is 0 Å². The summed E-state index contributed by atoms with van der Waals surface area (Å²) in [6, 6.07) is 19.1. The van der Waals surface area contributed by atoms with Crippen LogP contribution in [0.2, 0.25) is 0 Å². The van der Waals surface area contributed by atoms with Crippen LogP contribution in [0.5, 0.6) is 0 Å². The normalized spacial score (nSPS) is 14.6. The second-order valence-corrected chi connectivity index (χ2v) is 10.9. The van der Waals surface area contributed by atoms with Gasteiger partial charge >= 0.3 is 21.4 Å². The van der Waals surface area contributed by atoms with E-state index in [2.05, 4.69) is 16.0 Å². The summed E-state index contributed by atoms with van der Waals surface area (Å²) >= 11 is 0. The van der Waals surface area contributed by atoms with E-state index in [0.29, 0.717) is 33.5 Å². The monoisotopic (exact) mass is 603 g/mol. The molecule has 0 bridgehead atoms.